The number of rotatable bonds is 10. The predicted molar refractivity (Wildman–Crippen MR) is 96.1 cm³/mol. The first-order valence-electron chi connectivity index (χ1n) is 9.13. The summed E-state index contributed by atoms with van der Waals surface area (Å²) in [5.74, 6) is -40.8. The average molecular weight is 622 g/mol. The number of alkyl halides is 18. The quantitative estimate of drug-likeness (QED) is 0.175. The Morgan fingerprint density at radius 2 is 0.622 bits per heavy atom. The minimum Gasteiger partial charge on any atom is -0.449 e. The highest BCUT2D eigenvalue weighted by molar-refractivity contribution is 6.89. The van der Waals surface area contributed by atoms with Crippen molar-refractivity contribution in [1.82, 2.24) is 0 Å². The van der Waals surface area contributed by atoms with Gasteiger partial charge in [-0.05, 0) is 38.3 Å². The maximum absolute atomic E-state index is 13.6. The van der Waals surface area contributed by atoms with E-state index < -0.39 is 76.7 Å². The molecule has 0 fully saturated rings. The fourth-order valence-corrected chi connectivity index (χ4v) is 9.53. The van der Waals surface area contributed by atoms with Crippen LogP contribution in [0.4, 0.5) is 79.0 Å². The summed E-state index contributed by atoms with van der Waals surface area (Å²) in [6, 6.07) is 0. The third-order valence-corrected chi connectivity index (χ3v) is 10.4. The van der Waals surface area contributed by atoms with Gasteiger partial charge in [0.2, 0.25) is 0 Å². The van der Waals surface area contributed by atoms with Crippen LogP contribution >= 0.6 is 0 Å². The van der Waals surface area contributed by atoms with E-state index >= 15 is 0 Å². The van der Waals surface area contributed by atoms with Crippen LogP contribution in [-0.4, -0.2) is 64.5 Å². The first-order valence-corrected chi connectivity index (χ1v) is 15.1. The van der Waals surface area contributed by atoms with Crippen molar-refractivity contribution in [3.05, 3.63) is 23.6 Å². The molecule has 0 aromatic heterocycles. The minimum absolute atomic E-state index is 0.0689. The summed E-state index contributed by atoms with van der Waals surface area (Å²) < 4.78 is 237. The Morgan fingerprint density at radius 3 is 0.811 bits per heavy atom. The predicted octanol–water partition coefficient (Wildman–Crippen LogP) is 8.54. The van der Waals surface area contributed by atoms with Gasteiger partial charge in [-0.2, -0.15) is 79.0 Å². The summed E-state index contributed by atoms with van der Waals surface area (Å²) in [7, 11) is -8.22. The topological polar surface area (TPSA) is 9.23 Å². The van der Waals surface area contributed by atoms with Crippen molar-refractivity contribution < 1.29 is 83.1 Å². The molecule has 0 rings (SSSR count). The van der Waals surface area contributed by atoms with Crippen LogP contribution in [0.25, 0.3) is 0 Å². The van der Waals surface area contributed by atoms with Crippen molar-refractivity contribution in [1.29, 1.82) is 0 Å². The average Bonchev–Trinajstić information content (AvgIpc) is 2.62. The zero-order chi connectivity index (χ0) is 30.5. The van der Waals surface area contributed by atoms with E-state index in [9.17, 15) is 79.0 Å². The van der Waals surface area contributed by atoms with Gasteiger partial charge in [0.1, 0.15) is 0 Å². The summed E-state index contributed by atoms with van der Waals surface area (Å²) in [5, 5.41) is 0. The number of halogens is 18. The van der Waals surface area contributed by atoms with Gasteiger partial charge in [-0.15, -0.1) is 0 Å². The van der Waals surface area contributed by atoms with Crippen molar-refractivity contribution >= 4 is 16.6 Å². The molecule has 0 spiro atoms. The fourth-order valence-electron chi connectivity index (χ4n) is 2.34. The highest BCUT2D eigenvalue weighted by Gasteiger charge is 2.82. The van der Waals surface area contributed by atoms with Crippen molar-refractivity contribution in [2.75, 3.05) is 0 Å². The van der Waals surface area contributed by atoms with Gasteiger partial charge < -0.3 is 4.12 Å². The molecule has 0 N–H and O–H groups in total. The summed E-state index contributed by atoms with van der Waals surface area (Å²) in [5.41, 5.74) is -0.138. The Bertz CT molecular complexity index is 796. The monoisotopic (exact) mass is 622 g/mol. The summed E-state index contributed by atoms with van der Waals surface area (Å²) in [6.45, 7) is 3.08. The Hall–Kier alpha value is -1.39. The second-order valence-corrected chi connectivity index (χ2v) is 16.4. The molecule has 0 aliphatic carbocycles. The molecule has 220 valence electrons. The molecule has 0 saturated heterocycles. The van der Waals surface area contributed by atoms with Crippen LogP contribution in [0.2, 0.25) is 26.2 Å². The van der Waals surface area contributed by atoms with Gasteiger partial charge in [-0.3, -0.25) is 0 Å². The molecule has 0 aromatic carbocycles. The van der Waals surface area contributed by atoms with Crippen LogP contribution in [0.3, 0.4) is 0 Å². The van der Waals surface area contributed by atoms with E-state index in [4.69, 9.17) is 4.12 Å². The van der Waals surface area contributed by atoms with E-state index in [1.54, 1.807) is 0 Å². The number of hydrogen-bond acceptors (Lipinski definition) is 1. The SMILES string of the molecule is C[Si](C)(C=CC(F)(F)C(F)(F)C(F)(F)C(F)(F)F)O[Si](C)(C)C=CC(F)(F)C(F)(F)C(F)(F)C(F)(F)F. The van der Waals surface area contributed by atoms with Crippen molar-refractivity contribution in [3.63, 3.8) is 0 Å². The van der Waals surface area contributed by atoms with Crippen molar-refractivity contribution in [3.8, 4) is 0 Å². The van der Waals surface area contributed by atoms with E-state index in [-0.39, 0.29) is 11.4 Å². The lowest BCUT2D eigenvalue weighted by molar-refractivity contribution is -0.388. The van der Waals surface area contributed by atoms with Gasteiger partial charge in [-0.1, -0.05) is 11.4 Å². The molecule has 0 saturated carbocycles. The molecule has 0 bridgehead atoms. The van der Waals surface area contributed by atoms with Gasteiger partial charge in [0.15, 0.2) is 16.6 Å². The van der Waals surface area contributed by atoms with Gasteiger partial charge in [0.05, 0.1) is 0 Å². The number of hydrogen-bond donors (Lipinski definition) is 0. The lowest BCUT2D eigenvalue weighted by Crippen LogP contribution is -2.60. The first-order chi connectivity index (χ1) is 15.6. The molecule has 0 atom stereocenters. The lowest BCUT2D eigenvalue weighted by Gasteiger charge is -2.34. The molecule has 0 aliphatic rings. The first kappa shape index (κ1) is 35.6. The second-order valence-electron chi connectivity index (χ2n) is 8.51. The molecule has 21 heteroatoms. The van der Waals surface area contributed by atoms with Crippen molar-refractivity contribution in [2.45, 2.75) is 74.1 Å². The Labute approximate surface area is 198 Å². The van der Waals surface area contributed by atoms with Gasteiger partial charge in [-0.25, -0.2) is 0 Å². The largest absolute Gasteiger partial charge is 0.460 e. The molecule has 0 amide bonds. The van der Waals surface area contributed by atoms with Crippen LogP contribution in [0, 0.1) is 0 Å². The van der Waals surface area contributed by atoms with Gasteiger partial charge in [0.25, 0.3) is 0 Å². The third kappa shape index (κ3) is 6.98. The standard InChI is InChI=1S/C16H16F18OSi2/c1-36(2,7-5-9(17,18)11(21,22)13(25,26)15(29,30)31)35-37(3,4)8-6-10(19,20)12(23,24)14(27,28)16(32,33)34/h5-8H,1-4H3. The minimum atomic E-state index is -7.22. The maximum Gasteiger partial charge on any atom is 0.460 e. The number of allylic oxidation sites excluding steroid dienone is 2. The summed E-state index contributed by atoms with van der Waals surface area (Å²) in [4.78, 5) is 0. The zero-order valence-electron chi connectivity index (χ0n) is 18.5. The van der Waals surface area contributed by atoms with Crippen LogP contribution in [0.15, 0.2) is 23.6 Å². The molecule has 37 heavy (non-hydrogen) atoms. The van der Waals surface area contributed by atoms with Crippen LogP contribution in [0.5, 0.6) is 0 Å². The summed E-state index contributed by atoms with van der Waals surface area (Å²) >= 11 is 0. The van der Waals surface area contributed by atoms with Crippen LogP contribution in [0.1, 0.15) is 0 Å². The smallest absolute Gasteiger partial charge is 0.449 e. The van der Waals surface area contributed by atoms with Crippen molar-refractivity contribution in [2.24, 2.45) is 0 Å². The fraction of sp³-hybridized carbons (Fsp3) is 0.750. The molecule has 0 unspecified atom stereocenters. The molecular formula is C16H16F18OSi2. The highest BCUT2D eigenvalue weighted by Crippen LogP contribution is 2.54. The zero-order valence-corrected chi connectivity index (χ0v) is 20.5. The third-order valence-electron chi connectivity index (χ3n) is 4.25. The molecular weight excluding hydrogens is 606 g/mol. The molecule has 0 aromatic rings. The van der Waals surface area contributed by atoms with E-state index in [0.717, 1.165) is 26.2 Å². The van der Waals surface area contributed by atoms with E-state index in [1.807, 2.05) is 0 Å². The van der Waals surface area contributed by atoms with E-state index in [2.05, 4.69) is 0 Å². The second kappa shape index (κ2) is 9.66. The van der Waals surface area contributed by atoms with E-state index in [1.165, 1.54) is 0 Å². The lowest BCUT2D eigenvalue weighted by atomic mass is 10.0. The molecule has 0 aliphatic heterocycles. The van der Waals surface area contributed by atoms with Gasteiger partial charge >= 0.3 is 47.9 Å². The Morgan fingerprint density at radius 1 is 0.405 bits per heavy atom. The van der Waals surface area contributed by atoms with Crippen LogP contribution in [-0.2, 0) is 4.12 Å². The highest BCUT2D eigenvalue weighted by atomic mass is 28.4. The maximum atomic E-state index is 13.6. The molecule has 1 nitrogen and oxygen atoms in total. The van der Waals surface area contributed by atoms with Crippen LogP contribution < -0.4 is 0 Å². The Kier molecular flexibility index (Phi) is 9.30. The Balaban J connectivity index is 6.02. The molecule has 0 heterocycles. The van der Waals surface area contributed by atoms with E-state index in [0.29, 0.717) is 0 Å². The normalized spacial score (nSPS) is 16.8. The van der Waals surface area contributed by atoms with Gasteiger partial charge in [0, 0.05) is 0 Å². The molecule has 0 radical (unpaired) electrons. The summed E-state index contributed by atoms with van der Waals surface area (Å²) in [6.07, 6.45) is -16.3.